The van der Waals surface area contributed by atoms with Crippen LogP contribution in [-0.4, -0.2) is 21.4 Å². The lowest BCUT2D eigenvalue weighted by Gasteiger charge is -2.00. The summed E-state index contributed by atoms with van der Waals surface area (Å²) in [6.07, 6.45) is 14.6. The number of allylic oxidation sites excluding steroid dienone is 4. The van der Waals surface area contributed by atoms with E-state index in [-0.39, 0.29) is 11.4 Å². The van der Waals surface area contributed by atoms with E-state index < -0.39 is 0 Å². The minimum absolute atomic E-state index is 0.0131. The zero-order chi connectivity index (χ0) is 18.9. The van der Waals surface area contributed by atoms with Crippen LogP contribution in [0.1, 0.15) is 17.5 Å². The summed E-state index contributed by atoms with van der Waals surface area (Å²) in [7, 11) is 0. The Morgan fingerprint density at radius 3 is 1.44 bits per heavy atom. The quantitative estimate of drug-likeness (QED) is 0.838. The number of aromatic nitrogens is 2. The number of hydrogen-bond acceptors (Lipinski definition) is 6. The molecule has 0 bridgehead atoms. The standard InChI is InChI=1S/C21H14N6/c22-14-20-21(15-23)27-19(4-2-17-7-11-25-12-8-17)13-18(26-20)3-1-16-5-9-24-10-6-16/h1-12H,13H2/b3-1+,4-2+. The highest BCUT2D eigenvalue weighted by Crippen LogP contribution is 2.16. The Kier molecular flexibility index (Phi) is 5.75. The van der Waals surface area contributed by atoms with Crippen LogP contribution in [0.3, 0.4) is 0 Å². The van der Waals surface area contributed by atoms with Crippen LogP contribution in [-0.2, 0) is 0 Å². The number of rotatable bonds is 4. The van der Waals surface area contributed by atoms with Gasteiger partial charge in [-0.15, -0.1) is 0 Å². The fourth-order valence-electron chi connectivity index (χ4n) is 2.34. The average Bonchev–Trinajstić information content (AvgIpc) is 2.91. The third-order valence-electron chi connectivity index (χ3n) is 3.66. The van der Waals surface area contributed by atoms with Crippen molar-refractivity contribution >= 4 is 23.6 Å². The summed E-state index contributed by atoms with van der Waals surface area (Å²) in [6.45, 7) is 0. The van der Waals surface area contributed by atoms with Crippen molar-refractivity contribution in [2.75, 3.05) is 0 Å². The van der Waals surface area contributed by atoms with E-state index in [0.717, 1.165) is 11.1 Å². The van der Waals surface area contributed by atoms with Crippen molar-refractivity contribution in [3.05, 3.63) is 83.7 Å². The van der Waals surface area contributed by atoms with Gasteiger partial charge in [-0.1, -0.05) is 12.2 Å². The van der Waals surface area contributed by atoms with Gasteiger partial charge in [0, 0.05) is 42.6 Å². The summed E-state index contributed by atoms with van der Waals surface area (Å²) >= 11 is 0. The molecule has 6 nitrogen and oxygen atoms in total. The number of hydrogen-bond donors (Lipinski definition) is 0. The topological polar surface area (TPSA) is 98.1 Å². The molecule has 128 valence electrons. The molecule has 0 fully saturated rings. The predicted octanol–water partition coefficient (Wildman–Crippen LogP) is 3.75. The SMILES string of the molecule is N#CC1=C(C#N)N=C(/C=C/c2ccncc2)CC(/C=C/c2ccncc2)=N1. The van der Waals surface area contributed by atoms with E-state index in [1.165, 1.54) is 0 Å². The summed E-state index contributed by atoms with van der Waals surface area (Å²) in [5.74, 6) is 0. The molecule has 0 N–H and O–H groups in total. The number of nitriles is 2. The second-order valence-electron chi connectivity index (χ2n) is 5.53. The first-order valence-electron chi connectivity index (χ1n) is 8.14. The Morgan fingerprint density at radius 2 is 1.07 bits per heavy atom. The fourth-order valence-corrected chi connectivity index (χ4v) is 2.34. The van der Waals surface area contributed by atoms with E-state index in [1.807, 2.05) is 60.7 Å². The Hall–Kier alpha value is -4.16. The highest BCUT2D eigenvalue weighted by molar-refractivity contribution is 6.16. The van der Waals surface area contributed by atoms with Crippen LogP contribution in [0.25, 0.3) is 12.2 Å². The lowest BCUT2D eigenvalue weighted by molar-refractivity contribution is 1.27. The van der Waals surface area contributed by atoms with E-state index >= 15 is 0 Å². The van der Waals surface area contributed by atoms with Crippen molar-refractivity contribution in [2.24, 2.45) is 9.98 Å². The number of pyridine rings is 2. The van der Waals surface area contributed by atoms with Crippen LogP contribution in [0.5, 0.6) is 0 Å². The molecule has 0 saturated heterocycles. The minimum Gasteiger partial charge on any atom is -0.265 e. The van der Waals surface area contributed by atoms with E-state index in [0.29, 0.717) is 17.8 Å². The predicted molar refractivity (Wildman–Crippen MR) is 104 cm³/mol. The first kappa shape index (κ1) is 17.7. The maximum Gasteiger partial charge on any atom is 0.177 e. The molecule has 2 aromatic rings. The molecule has 3 heterocycles. The third kappa shape index (κ3) is 4.91. The normalized spacial score (nSPS) is 14.4. The van der Waals surface area contributed by atoms with E-state index in [9.17, 15) is 10.5 Å². The molecule has 0 saturated carbocycles. The van der Waals surface area contributed by atoms with Crippen LogP contribution in [0, 0.1) is 22.7 Å². The number of aliphatic imine (C=N–C) groups is 2. The molecule has 0 aliphatic carbocycles. The van der Waals surface area contributed by atoms with E-state index in [2.05, 4.69) is 20.0 Å². The van der Waals surface area contributed by atoms with Crippen molar-refractivity contribution in [3.63, 3.8) is 0 Å². The molecule has 0 aromatic carbocycles. The molecule has 0 spiro atoms. The van der Waals surface area contributed by atoms with Gasteiger partial charge in [0.15, 0.2) is 11.4 Å². The Balaban J connectivity index is 1.93. The maximum atomic E-state index is 9.32. The van der Waals surface area contributed by atoms with Crippen molar-refractivity contribution < 1.29 is 0 Å². The molecule has 3 rings (SSSR count). The lowest BCUT2D eigenvalue weighted by Crippen LogP contribution is -2.02. The highest BCUT2D eigenvalue weighted by Gasteiger charge is 2.13. The van der Waals surface area contributed by atoms with Crippen molar-refractivity contribution in [1.29, 1.82) is 10.5 Å². The van der Waals surface area contributed by atoms with Gasteiger partial charge in [-0.05, 0) is 47.5 Å². The first-order valence-corrected chi connectivity index (χ1v) is 8.14. The Morgan fingerprint density at radius 1 is 0.667 bits per heavy atom. The molecule has 27 heavy (non-hydrogen) atoms. The molecule has 0 unspecified atom stereocenters. The van der Waals surface area contributed by atoms with E-state index in [1.54, 1.807) is 24.8 Å². The van der Waals surface area contributed by atoms with Crippen molar-refractivity contribution in [3.8, 4) is 12.1 Å². The van der Waals surface area contributed by atoms with Gasteiger partial charge in [-0.2, -0.15) is 10.5 Å². The van der Waals surface area contributed by atoms with Gasteiger partial charge >= 0.3 is 0 Å². The van der Waals surface area contributed by atoms with Gasteiger partial charge in [-0.25, -0.2) is 9.98 Å². The first-order chi connectivity index (χ1) is 13.3. The Bertz CT molecular complexity index is 960. The second kappa shape index (κ2) is 8.80. The van der Waals surface area contributed by atoms with E-state index in [4.69, 9.17) is 0 Å². The second-order valence-corrected chi connectivity index (χ2v) is 5.53. The molecule has 6 heteroatoms. The average molecular weight is 350 g/mol. The molecule has 0 radical (unpaired) electrons. The van der Waals surface area contributed by atoms with Crippen LogP contribution in [0.2, 0.25) is 0 Å². The molecular formula is C21H14N6. The summed E-state index contributed by atoms with van der Waals surface area (Å²) in [5.41, 5.74) is 3.24. The van der Waals surface area contributed by atoms with Gasteiger partial charge in [0.05, 0.1) is 0 Å². The summed E-state index contributed by atoms with van der Waals surface area (Å²) in [6, 6.07) is 11.4. The summed E-state index contributed by atoms with van der Waals surface area (Å²) < 4.78 is 0. The fraction of sp³-hybridized carbons (Fsp3) is 0.0476. The molecule has 1 aliphatic rings. The largest absolute Gasteiger partial charge is 0.265 e. The lowest BCUT2D eigenvalue weighted by atomic mass is 10.1. The van der Waals surface area contributed by atoms with Crippen LogP contribution < -0.4 is 0 Å². The smallest absolute Gasteiger partial charge is 0.177 e. The molecule has 0 atom stereocenters. The van der Waals surface area contributed by atoms with Crippen LogP contribution in [0.15, 0.2) is 82.6 Å². The zero-order valence-corrected chi connectivity index (χ0v) is 14.3. The maximum absolute atomic E-state index is 9.32. The third-order valence-corrected chi connectivity index (χ3v) is 3.66. The van der Waals surface area contributed by atoms with Gasteiger partial charge in [-0.3, -0.25) is 9.97 Å². The van der Waals surface area contributed by atoms with Crippen LogP contribution >= 0.6 is 0 Å². The minimum atomic E-state index is 0.0131. The van der Waals surface area contributed by atoms with Gasteiger partial charge in [0.25, 0.3) is 0 Å². The summed E-state index contributed by atoms with van der Waals surface area (Å²) in [4.78, 5) is 16.6. The van der Waals surface area contributed by atoms with Gasteiger partial charge < -0.3 is 0 Å². The van der Waals surface area contributed by atoms with Crippen molar-refractivity contribution in [2.45, 2.75) is 6.42 Å². The van der Waals surface area contributed by atoms with Gasteiger partial charge in [0.1, 0.15) is 12.1 Å². The monoisotopic (exact) mass is 350 g/mol. The van der Waals surface area contributed by atoms with Gasteiger partial charge in [0.2, 0.25) is 0 Å². The highest BCUT2D eigenvalue weighted by atomic mass is 14.9. The summed E-state index contributed by atoms with van der Waals surface area (Å²) in [5, 5.41) is 18.6. The Labute approximate surface area is 156 Å². The zero-order valence-electron chi connectivity index (χ0n) is 14.3. The number of nitrogens with zero attached hydrogens (tertiary/aromatic N) is 6. The molecular weight excluding hydrogens is 336 g/mol. The van der Waals surface area contributed by atoms with Crippen molar-refractivity contribution in [1.82, 2.24) is 9.97 Å². The molecule has 2 aromatic heterocycles. The molecule has 1 aliphatic heterocycles. The van der Waals surface area contributed by atoms with Crippen LogP contribution in [0.4, 0.5) is 0 Å². The molecule has 0 amide bonds.